The summed E-state index contributed by atoms with van der Waals surface area (Å²) in [4.78, 5) is 1.90. The van der Waals surface area contributed by atoms with Crippen molar-refractivity contribution in [3.8, 4) is 0 Å². The highest BCUT2D eigenvalue weighted by Gasteiger charge is 2.31. The van der Waals surface area contributed by atoms with Crippen LogP contribution in [-0.2, 0) is 4.74 Å². The first-order chi connectivity index (χ1) is 8.54. The van der Waals surface area contributed by atoms with Crippen molar-refractivity contribution < 1.29 is 17.9 Å². The third-order valence-corrected chi connectivity index (χ3v) is 3.18. The van der Waals surface area contributed by atoms with E-state index in [-0.39, 0.29) is 18.7 Å². The van der Waals surface area contributed by atoms with Crippen LogP contribution in [0.5, 0.6) is 0 Å². The van der Waals surface area contributed by atoms with Gasteiger partial charge in [0.05, 0.1) is 18.8 Å². The normalized spacial score (nSPS) is 25.4. The number of nitrogens with zero attached hydrogens (tertiary/aromatic N) is 1. The summed E-state index contributed by atoms with van der Waals surface area (Å²) >= 11 is 0. The van der Waals surface area contributed by atoms with Crippen molar-refractivity contribution in [2.24, 2.45) is 5.73 Å². The molecule has 0 amide bonds. The monoisotopic (exact) mass is 260 g/mol. The number of benzene rings is 1. The minimum Gasteiger partial charge on any atom is -0.374 e. The fourth-order valence-corrected chi connectivity index (χ4v) is 2.27. The molecular weight excluding hydrogens is 245 g/mol. The average molecular weight is 260 g/mol. The molecule has 1 aromatic carbocycles. The van der Waals surface area contributed by atoms with Gasteiger partial charge in [0.25, 0.3) is 0 Å². The van der Waals surface area contributed by atoms with E-state index in [1.807, 2.05) is 11.9 Å². The van der Waals surface area contributed by atoms with E-state index in [4.69, 9.17) is 10.5 Å². The Morgan fingerprint density at radius 2 is 1.94 bits per heavy atom. The van der Waals surface area contributed by atoms with Gasteiger partial charge < -0.3 is 10.5 Å². The second-order valence-electron chi connectivity index (χ2n) is 4.37. The Hall–Kier alpha value is -1.11. The Morgan fingerprint density at radius 1 is 1.33 bits per heavy atom. The molecule has 6 heteroatoms. The molecule has 2 atom stereocenters. The van der Waals surface area contributed by atoms with Crippen LogP contribution in [0.1, 0.15) is 11.6 Å². The van der Waals surface area contributed by atoms with Crippen LogP contribution in [0.4, 0.5) is 13.2 Å². The first-order valence-electron chi connectivity index (χ1n) is 5.71. The van der Waals surface area contributed by atoms with Crippen molar-refractivity contribution in [2.45, 2.75) is 12.1 Å². The molecule has 1 aliphatic heterocycles. The minimum atomic E-state index is -1.46. The zero-order valence-electron chi connectivity index (χ0n) is 10.00. The first-order valence-corrected chi connectivity index (χ1v) is 5.71. The Balaban J connectivity index is 2.38. The Bertz CT molecular complexity index is 418. The van der Waals surface area contributed by atoms with Gasteiger partial charge in [0.1, 0.15) is 0 Å². The van der Waals surface area contributed by atoms with Crippen molar-refractivity contribution in [3.63, 3.8) is 0 Å². The maximum Gasteiger partial charge on any atom is 0.194 e. The van der Waals surface area contributed by atoms with Gasteiger partial charge in [-0.2, -0.15) is 0 Å². The molecular formula is C12H15F3N2O. The largest absolute Gasteiger partial charge is 0.374 e. The molecule has 2 unspecified atom stereocenters. The third kappa shape index (κ3) is 2.36. The summed E-state index contributed by atoms with van der Waals surface area (Å²) in [6, 6.07) is 1.63. The third-order valence-electron chi connectivity index (χ3n) is 3.18. The zero-order chi connectivity index (χ0) is 13.3. The molecule has 2 N–H and O–H groups in total. The van der Waals surface area contributed by atoms with Gasteiger partial charge >= 0.3 is 0 Å². The van der Waals surface area contributed by atoms with Gasteiger partial charge in [0.15, 0.2) is 17.5 Å². The summed E-state index contributed by atoms with van der Waals surface area (Å²) < 4.78 is 44.9. The van der Waals surface area contributed by atoms with Crippen LogP contribution in [0.15, 0.2) is 12.1 Å². The van der Waals surface area contributed by atoms with Crippen molar-refractivity contribution in [1.82, 2.24) is 4.90 Å². The second kappa shape index (κ2) is 5.26. The molecule has 0 radical (unpaired) electrons. The molecule has 2 rings (SSSR count). The summed E-state index contributed by atoms with van der Waals surface area (Å²) in [7, 11) is 1.81. The van der Waals surface area contributed by atoms with Gasteiger partial charge in [-0.25, -0.2) is 13.2 Å². The lowest BCUT2D eigenvalue weighted by Gasteiger charge is -2.39. The summed E-state index contributed by atoms with van der Waals surface area (Å²) in [5.74, 6) is -3.85. The molecule has 0 aliphatic carbocycles. The molecule has 1 saturated heterocycles. The maximum absolute atomic E-state index is 13.2. The molecule has 1 aliphatic rings. The maximum atomic E-state index is 13.2. The van der Waals surface area contributed by atoms with E-state index >= 15 is 0 Å². The average Bonchev–Trinajstić information content (AvgIpc) is 2.35. The highest BCUT2D eigenvalue weighted by Crippen LogP contribution is 2.29. The number of rotatable bonds is 2. The molecule has 3 nitrogen and oxygen atoms in total. The van der Waals surface area contributed by atoms with Crippen LogP contribution in [0.2, 0.25) is 0 Å². The molecule has 1 aromatic rings. The molecule has 0 saturated carbocycles. The molecule has 0 aromatic heterocycles. The highest BCUT2D eigenvalue weighted by atomic mass is 19.2. The van der Waals surface area contributed by atoms with Crippen molar-refractivity contribution in [2.75, 3.05) is 26.7 Å². The number of ether oxygens (including phenoxy) is 1. The molecule has 0 bridgehead atoms. The second-order valence-corrected chi connectivity index (χ2v) is 4.37. The summed E-state index contributed by atoms with van der Waals surface area (Å²) in [5.41, 5.74) is 5.92. The molecule has 1 fully saturated rings. The lowest BCUT2D eigenvalue weighted by atomic mass is 9.98. The zero-order valence-corrected chi connectivity index (χ0v) is 10.00. The van der Waals surface area contributed by atoms with Crippen molar-refractivity contribution in [3.05, 3.63) is 35.1 Å². The smallest absolute Gasteiger partial charge is 0.194 e. The van der Waals surface area contributed by atoms with Crippen molar-refractivity contribution >= 4 is 0 Å². The van der Waals surface area contributed by atoms with Gasteiger partial charge in [-0.3, -0.25) is 4.90 Å². The topological polar surface area (TPSA) is 38.5 Å². The standard InChI is InChI=1S/C12H15F3N2O/c1-17-2-3-18-10(6-16)12(17)7-4-8(13)11(15)9(14)5-7/h4-5,10,12H,2-3,6,16H2,1H3. The predicted molar refractivity (Wildman–Crippen MR) is 60.5 cm³/mol. The van der Waals surface area contributed by atoms with E-state index in [1.54, 1.807) is 0 Å². The Kier molecular flexibility index (Phi) is 3.89. The van der Waals surface area contributed by atoms with Gasteiger partial charge in [-0.1, -0.05) is 0 Å². The van der Waals surface area contributed by atoms with Crippen LogP contribution in [-0.4, -0.2) is 37.7 Å². The summed E-state index contributed by atoms with van der Waals surface area (Å²) in [6.07, 6.45) is -0.354. The number of nitrogens with two attached hydrogens (primary N) is 1. The number of hydrogen-bond donors (Lipinski definition) is 1. The van der Waals surface area contributed by atoms with E-state index in [0.717, 1.165) is 12.1 Å². The predicted octanol–water partition coefficient (Wildman–Crippen LogP) is 1.43. The molecule has 100 valence electrons. The van der Waals surface area contributed by atoms with Gasteiger partial charge in [0.2, 0.25) is 0 Å². The quantitative estimate of drug-likeness (QED) is 0.818. The summed E-state index contributed by atoms with van der Waals surface area (Å²) in [6.45, 7) is 1.37. The lowest BCUT2D eigenvalue weighted by molar-refractivity contribution is -0.0578. The van der Waals surface area contributed by atoms with Gasteiger partial charge in [-0.05, 0) is 24.7 Å². The van der Waals surface area contributed by atoms with E-state index in [9.17, 15) is 13.2 Å². The minimum absolute atomic E-state index is 0.232. The molecule has 0 spiro atoms. The fourth-order valence-electron chi connectivity index (χ4n) is 2.27. The lowest BCUT2D eigenvalue weighted by Crippen LogP contribution is -2.46. The van der Waals surface area contributed by atoms with Crippen LogP contribution in [0.3, 0.4) is 0 Å². The van der Waals surface area contributed by atoms with Gasteiger partial charge in [-0.15, -0.1) is 0 Å². The first kappa shape index (κ1) is 13.3. The molecule has 1 heterocycles. The highest BCUT2D eigenvalue weighted by molar-refractivity contribution is 5.24. The van der Waals surface area contributed by atoms with Crippen molar-refractivity contribution in [1.29, 1.82) is 0 Å². The van der Waals surface area contributed by atoms with Crippen LogP contribution >= 0.6 is 0 Å². The Morgan fingerprint density at radius 3 is 2.50 bits per heavy atom. The van der Waals surface area contributed by atoms with Gasteiger partial charge in [0, 0.05) is 13.1 Å². The van der Waals surface area contributed by atoms with Crippen LogP contribution in [0, 0.1) is 17.5 Å². The number of hydrogen-bond acceptors (Lipinski definition) is 3. The number of morpholine rings is 1. The van der Waals surface area contributed by atoms with E-state index < -0.39 is 17.5 Å². The van der Waals surface area contributed by atoms with Crippen LogP contribution < -0.4 is 5.73 Å². The van der Waals surface area contributed by atoms with Crippen LogP contribution in [0.25, 0.3) is 0 Å². The van der Waals surface area contributed by atoms with E-state index in [0.29, 0.717) is 18.7 Å². The SMILES string of the molecule is CN1CCOC(CN)C1c1cc(F)c(F)c(F)c1. The molecule has 18 heavy (non-hydrogen) atoms. The fraction of sp³-hybridized carbons (Fsp3) is 0.500. The Labute approximate surface area is 103 Å². The summed E-state index contributed by atoms with van der Waals surface area (Å²) in [5, 5.41) is 0. The van der Waals surface area contributed by atoms with E-state index in [1.165, 1.54) is 0 Å². The number of halogens is 3. The number of likely N-dealkylation sites (N-methyl/N-ethyl adjacent to an activating group) is 1. The van der Waals surface area contributed by atoms with E-state index in [2.05, 4.69) is 0 Å².